The molecule has 0 aliphatic carbocycles. The predicted octanol–water partition coefficient (Wildman–Crippen LogP) is 3.57. The minimum Gasteiger partial charge on any atom is -0.512 e. The summed E-state index contributed by atoms with van der Waals surface area (Å²) in [6.45, 7) is 2.85. The van der Waals surface area contributed by atoms with E-state index in [1.807, 2.05) is 36.4 Å². The smallest absolute Gasteiger partial charge is 0.155 e. The van der Waals surface area contributed by atoms with Gasteiger partial charge in [-0.3, -0.25) is 4.79 Å². The van der Waals surface area contributed by atoms with Crippen LogP contribution in [0.1, 0.15) is 13.8 Å². The first-order valence-electron chi connectivity index (χ1n) is 6.47. The molecule has 0 aromatic heterocycles. The van der Waals surface area contributed by atoms with E-state index in [1.165, 1.54) is 19.9 Å². The molecule has 5 heteroatoms. The quantitative estimate of drug-likeness (QED) is 0.335. The number of carbonyl (C=O) groups is 1. The Morgan fingerprint density at radius 1 is 1.23 bits per heavy atom. The Labute approximate surface area is 142 Å². The first-order valence-corrected chi connectivity index (χ1v) is 6.47. The largest absolute Gasteiger partial charge is 0.512 e. The van der Waals surface area contributed by atoms with Gasteiger partial charge in [-0.15, -0.1) is 24.3 Å². The molecule has 1 aromatic rings. The first kappa shape index (κ1) is 17.9. The minimum atomic E-state index is -0.125. The molecule has 0 saturated heterocycles. The van der Waals surface area contributed by atoms with Crippen molar-refractivity contribution in [2.24, 2.45) is 0 Å². The van der Waals surface area contributed by atoms with E-state index >= 15 is 0 Å². The Hall–Kier alpha value is -2.10. The van der Waals surface area contributed by atoms with Gasteiger partial charge in [0.15, 0.2) is 5.78 Å². The summed E-state index contributed by atoms with van der Waals surface area (Å²) < 4.78 is 0. The van der Waals surface area contributed by atoms with Crippen LogP contribution in [0.3, 0.4) is 0 Å². The third-order valence-electron chi connectivity index (χ3n) is 2.62. The van der Waals surface area contributed by atoms with Gasteiger partial charge in [0.2, 0.25) is 0 Å². The molecular weight excluding hydrogens is 456 g/mol. The maximum absolute atomic E-state index is 10.0. The molecule has 0 bridgehead atoms. The minimum absolute atomic E-state index is 0. The molecule has 115 valence electrons. The third-order valence-corrected chi connectivity index (χ3v) is 2.62. The molecule has 0 amide bonds. The van der Waals surface area contributed by atoms with Gasteiger partial charge in [-0.1, -0.05) is 11.5 Å². The Balaban J connectivity index is 0.000000264. The van der Waals surface area contributed by atoms with E-state index < -0.39 is 0 Å². The average Bonchev–Trinajstić information content (AvgIpc) is 2.60. The van der Waals surface area contributed by atoms with Crippen molar-refractivity contribution in [1.82, 2.24) is 9.97 Å². The molecule has 1 aromatic carbocycles. The van der Waals surface area contributed by atoms with Crippen molar-refractivity contribution in [1.29, 1.82) is 0 Å². The molecule has 1 radical (unpaired) electrons. The molecule has 3 rings (SSSR count). The molecule has 2 heterocycles. The summed E-state index contributed by atoms with van der Waals surface area (Å²) in [6.07, 6.45) is 2.95. The Bertz CT molecular complexity index is 767. The number of carbonyl (C=O) groups excluding carboxylic acids is 1. The Kier molecular flexibility index (Phi) is 6.83. The van der Waals surface area contributed by atoms with Crippen molar-refractivity contribution in [2.75, 3.05) is 0 Å². The van der Waals surface area contributed by atoms with Gasteiger partial charge in [0, 0.05) is 43.8 Å². The van der Waals surface area contributed by atoms with Crippen LogP contribution in [0.15, 0.2) is 54.4 Å². The standard InChI is InChI=1S/C12H7N2.C5H8O2.Ir/c1-2-6-10-9(5-1)12-11(14-10)7-3-4-8-13-12;1-4(6)3-5(2)7;/h1-4,6-8H;3,6H,1-2H3;/q-1;;/b;4-3-;. The number of aliphatic hydroxyl groups is 1. The second-order valence-electron chi connectivity index (χ2n) is 4.50. The van der Waals surface area contributed by atoms with Crippen LogP contribution in [0.25, 0.3) is 22.3 Å². The van der Waals surface area contributed by atoms with Gasteiger partial charge in [0.1, 0.15) is 0 Å². The number of hydrogen-bond donors (Lipinski definition) is 1. The molecule has 2 aliphatic heterocycles. The molecule has 0 spiro atoms. The molecule has 2 aliphatic rings. The van der Waals surface area contributed by atoms with Crippen molar-refractivity contribution in [3.8, 4) is 11.4 Å². The topological polar surface area (TPSA) is 63.1 Å². The van der Waals surface area contributed by atoms with E-state index in [2.05, 4.69) is 16.0 Å². The third kappa shape index (κ3) is 4.72. The maximum Gasteiger partial charge on any atom is 0.155 e. The summed E-state index contributed by atoms with van der Waals surface area (Å²) in [6, 6.07) is 14.8. The fourth-order valence-electron chi connectivity index (χ4n) is 1.88. The molecule has 4 nitrogen and oxygen atoms in total. The number of nitrogens with zero attached hydrogens (tertiary/aromatic N) is 2. The summed E-state index contributed by atoms with van der Waals surface area (Å²) in [5, 5.41) is 9.36. The second kappa shape index (κ2) is 8.37. The SMILES string of the molecule is CC(=O)/C=C(/C)O.[Ir].[c-]1cccc2nc3ccccnc-3c12. The fourth-order valence-corrected chi connectivity index (χ4v) is 1.88. The van der Waals surface area contributed by atoms with Crippen LogP contribution in [-0.2, 0) is 24.9 Å². The summed E-state index contributed by atoms with van der Waals surface area (Å²) >= 11 is 0. The zero-order valence-corrected chi connectivity index (χ0v) is 14.6. The van der Waals surface area contributed by atoms with Gasteiger partial charge in [-0.25, -0.2) is 0 Å². The summed E-state index contributed by atoms with van der Waals surface area (Å²) in [5.41, 5.74) is 2.80. The molecule has 22 heavy (non-hydrogen) atoms. The number of fused-ring (bicyclic) bond motifs is 3. The van der Waals surface area contributed by atoms with Crippen LogP contribution in [0, 0.1) is 6.07 Å². The number of ketones is 1. The number of benzene rings is 1. The summed E-state index contributed by atoms with van der Waals surface area (Å²) in [7, 11) is 0. The molecule has 1 N–H and O–H groups in total. The number of aromatic nitrogens is 2. The summed E-state index contributed by atoms with van der Waals surface area (Å²) in [5.74, 6) is -0.0625. The number of aliphatic hydroxyl groups excluding tert-OH is 1. The van der Waals surface area contributed by atoms with Crippen LogP contribution in [0.2, 0.25) is 0 Å². The average molecular weight is 472 g/mol. The van der Waals surface area contributed by atoms with Crippen molar-refractivity contribution in [2.45, 2.75) is 13.8 Å². The van der Waals surface area contributed by atoms with E-state index in [-0.39, 0.29) is 31.6 Å². The van der Waals surface area contributed by atoms with Crippen molar-refractivity contribution >= 4 is 16.7 Å². The maximum atomic E-state index is 10.0. The van der Waals surface area contributed by atoms with Crippen molar-refractivity contribution in [3.05, 3.63) is 60.5 Å². The van der Waals surface area contributed by atoms with Crippen LogP contribution in [0.5, 0.6) is 0 Å². The Morgan fingerprint density at radius 2 is 2.00 bits per heavy atom. The van der Waals surface area contributed by atoms with Crippen LogP contribution in [-0.4, -0.2) is 20.9 Å². The van der Waals surface area contributed by atoms with Crippen LogP contribution < -0.4 is 0 Å². The van der Waals surface area contributed by atoms with Gasteiger partial charge >= 0.3 is 0 Å². The van der Waals surface area contributed by atoms with E-state index in [0.717, 1.165) is 22.3 Å². The van der Waals surface area contributed by atoms with Gasteiger partial charge < -0.3 is 15.1 Å². The van der Waals surface area contributed by atoms with Crippen molar-refractivity contribution in [3.63, 3.8) is 0 Å². The number of allylic oxidation sites excluding steroid dienone is 2. The molecule has 0 fully saturated rings. The second-order valence-corrected chi connectivity index (χ2v) is 4.50. The fraction of sp³-hybridized carbons (Fsp3) is 0.118. The molecular formula is C17H15IrN2O2-. The van der Waals surface area contributed by atoms with Crippen LogP contribution in [0.4, 0.5) is 0 Å². The number of rotatable bonds is 1. The van der Waals surface area contributed by atoms with Gasteiger partial charge in [-0.05, 0) is 31.5 Å². The zero-order chi connectivity index (χ0) is 15.2. The molecule has 0 atom stereocenters. The number of hydrogen-bond acceptors (Lipinski definition) is 4. The van der Waals surface area contributed by atoms with Crippen molar-refractivity contribution < 1.29 is 30.0 Å². The first-order chi connectivity index (χ1) is 10.1. The van der Waals surface area contributed by atoms with E-state index in [9.17, 15) is 4.79 Å². The zero-order valence-electron chi connectivity index (χ0n) is 12.2. The van der Waals surface area contributed by atoms with Gasteiger partial charge in [0.05, 0.1) is 5.76 Å². The van der Waals surface area contributed by atoms with Crippen LogP contribution >= 0.6 is 0 Å². The molecule has 0 unspecified atom stereocenters. The van der Waals surface area contributed by atoms with E-state index in [1.54, 1.807) is 6.20 Å². The van der Waals surface area contributed by atoms with Gasteiger partial charge in [-0.2, -0.15) is 0 Å². The van der Waals surface area contributed by atoms with E-state index in [0.29, 0.717) is 0 Å². The summed E-state index contributed by atoms with van der Waals surface area (Å²) in [4.78, 5) is 18.8. The van der Waals surface area contributed by atoms with E-state index in [4.69, 9.17) is 5.11 Å². The normalized spacial score (nSPS) is 10.5. The predicted molar refractivity (Wildman–Crippen MR) is 82.1 cm³/mol. The van der Waals surface area contributed by atoms with Gasteiger partial charge in [0.25, 0.3) is 0 Å². The monoisotopic (exact) mass is 472 g/mol. The molecule has 0 saturated carbocycles. The Morgan fingerprint density at radius 3 is 2.64 bits per heavy atom.